The fourth-order valence-corrected chi connectivity index (χ4v) is 5.51. The number of fused-ring (bicyclic) bond motifs is 1. The maximum Gasteiger partial charge on any atom is 0.410 e. The van der Waals surface area contributed by atoms with Crippen LogP contribution in [0.4, 0.5) is 4.79 Å². The lowest BCUT2D eigenvalue weighted by Gasteiger charge is -2.32. The number of aliphatic imine (C=N–C) groups is 1. The molecule has 0 bridgehead atoms. The van der Waals surface area contributed by atoms with E-state index in [1.165, 1.54) is 0 Å². The van der Waals surface area contributed by atoms with Crippen LogP contribution >= 0.6 is 0 Å². The molecule has 5 rings (SSSR count). The Morgan fingerprint density at radius 2 is 1.50 bits per heavy atom. The van der Waals surface area contributed by atoms with E-state index < -0.39 is 23.8 Å². The van der Waals surface area contributed by atoms with Crippen molar-refractivity contribution >= 4 is 18.0 Å². The van der Waals surface area contributed by atoms with Gasteiger partial charge in [-0.05, 0) is 68.0 Å². The summed E-state index contributed by atoms with van der Waals surface area (Å²) in [5.41, 5.74) is 9.74. The standard InChI is InChI=1S/C35H43N5O6/c1-35(2,3)45-34(42)39-18-16-28(17-19-39)38-33(36)40-21-26-14-15-29(20-27(26)22-40)43-23-30(46-37)32(41)44-31(24-10-6-4-7-11-24)25-12-8-5-9-13-25/h4-15,20,28,30-31H,16-19,21-23,37H2,1-3H3,(H2,36,38)/t30-/m0/s1. The lowest BCUT2D eigenvalue weighted by Crippen LogP contribution is -2.43. The van der Waals surface area contributed by atoms with E-state index in [2.05, 4.69) is 0 Å². The fourth-order valence-electron chi connectivity index (χ4n) is 5.51. The Bertz CT molecular complexity index is 1460. The van der Waals surface area contributed by atoms with Crippen molar-refractivity contribution < 1.29 is 28.6 Å². The van der Waals surface area contributed by atoms with Crippen LogP contribution in [0.1, 0.15) is 62.0 Å². The molecule has 11 heteroatoms. The van der Waals surface area contributed by atoms with Crippen molar-refractivity contribution in [1.29, 1.82) is 0 Å². The van der Waals surface area contributed by atoms with Crippen LogP contribution in [0.2, 0.25) is 0 Å². The van der Waals surface area contributed by atoms with Gasteiger partial charge >= 0.3 is 12.1 Å². The number of amides is 1. The molecule has 1 atom stereocenters. The Morgan fingerprint density at radius 1 is 0.891 bits per heavy atom. The van der Waals surface area contributed by atoms with Crippen molar-refractivity contribution in [3.05, 3.63) is 101 Å². The number of nitrogens with zero attached hydrogens (tertiary/aromatic N) is 3. The molecule has 2 aliphatic rings. The number of rotatable bonds is 9. The second-order valence-electron chi connectivity index (χ2n) is 12.5. The summed E-state index contributed by atoms with van der Waals surface area (Å²) in [6, 6.07) is 24.8. The van der Waals surface area contributed by atoms with Gasteiger partial charge in [0.2, 0.25) is 6.10 Å². The van der Waals surface area contributed by atoms with Crippen LogP contribution < -0.4 is 16.4 Å². The summed E-state index contributed by atoms with van der Waals surface area (Å²) in [4.78, 5) is 39.1. The Labute approximate surface area is 270 Å². The summed E-state index contributed by atoms with van der Waals surface area (Å²) >= 11 is 0. The van der Waals surface area contributed by atoms with Crippen LogP contribution in [-0.4, -0.2) is 65.3 Å². The second-order valence-corrected chi connectivity index (χ2v) is 12.5. The number of hydrogen-bond acceptors (Lipinski definition) is 8. The third kappa shape index (κ3) is 8.55. The molecule has 46 heavy (non-hydrogen) atoms. The molecular formula is C35H43N5O6. The number of esters is 1. The van der Waals surface area contributed by atoms with Crippen molar-refractivity contribution in [3.8, 4) is 5.75 Å². The maximum atomic E-state index is 13.2. The summed E-state index contributed by atoms with van der Waals surface area (Å²) in [6.45, 7) is 7.83. The van der Waals surface area contributed by atoms with E-state index >= 15 is 0 Å². The number of nitrogens with two attached hydrogens (primary N) is 2. The monoisotopic (exact) mass is 629 g/mol. The molecule has 0 saturated carbocycles. The van der Waals surface area contributed by atoms with Crippen molar-refractivity contribution in [2.45, 2.75) is 70.6 Å². The smallest absolute Gasteiger partial charge is 0.410 e. The second kappa shape index (κ2) is 14.7. The van der Waals surface area contributed by atoms with Crippen LogP contribution in [0.15, 0.2) is 83.9 Å². The van der Waals surface area contributed by atoms with E-state index in [1.54, 1.807) is 4.90 Å². The third-order valence-electron chi connectivity index (χ3n) is 7.92. The van der Waals surface area contributed by atoms with Crippen molar-refractivity contribution in [1.82, 2.24) is 9.80 Å². The highest BCUT2D eigenvalue weighted by Gasteiger charge is 2.29. The molecule has 3 aromatic rings. The van der Waals surface area contributed by atoms with E-state index in [1.807, 2.05) is 105 Å². The van der Waals surface area contributed by atoms with Gasteiger partial charge in [-0.25, -0.2) is 20.5 Å². The van der Waals surface area contributed by atoms with Gasteiger partial charge in [-0.15, -0.1) is 0 Å². The van der Waals surface area contributed by atoms with Crippen molar-refractivity contribution in [2.24, 2.45) is 16.6 Å². The number of guanidine groups is 1. The van der Waals surface area contributed by atoms with Crippen molar-refractivity contribution in [2.75, 3.05) is 19.7 Å². The molecule has 2 aliphatic heterocycles. The SMILES string of the molecule is CC(C)(C)OC(=O)N1CCC(N=C(N)N2Cc3ccc(OC[C@H](ON)C(=O)OC(c4ccccc4)c4ccccc4)cc3C2)CC1. The Kier molecular flexibility index (Phi) is 10.4. The van der Waals surface area contributed by atoms with Gasteiger partial charge in [-0.1, -0.05) is 66.7 Å². The van der Waals surface area contributed by atoms with Gasteiger partial charge in [-0.3, -0.25) is 4.84 Å². The number of hydrogen-bond donors (Lipinski definition) is 2. The van der Waals surface area contributed by atoms with Gasteiger partial charge < -0.3 is 29.7 Å². The number of ether oxygens (including phenoxy) is 3. The minimum absolute atomic E-state index is 0.0395. The summed E-state index contributed by atoms with van der Waals surface area (Å²) < 4.78 is 17.3. The first-order valence-corrected chi connectivity index (χ1v) is 15.6. The zero-order valence-corrected chi connectivity index (χ0v) is 26.6. The highest BCUT2D eigenvalue weighted by molar-refractivity contribution is 5.79. The van der Waals surface area contributed by atoms with Crippen LogP contribution in [0, 0.1) is 0 Å². The topological polar surface area (TPSA) is 142 Å². The highest BCUT2D eigenvalue weighted by atomic mass is 16.7. The van der Waals surface area contributed by atoms with Gasteiger partial charge in [-0.2, -0.15) is 0 Å². The molecule has 2 heterocycles. The van der Waals surface area contributed by atoms with E-state index in [-0.39, 0.29) is 18.7 Å². The number of carbonyl (C=O) groups is 2. The van der Waals surface area contributed by atoms with Gasteiger partial charge in [0.15, 0.2) is 12.1 Å². The molecule has 0 aliphatic carbocycles. The molecule has 0 radical (unpaired) electrons. The third-order valence-corrected chi connectivity index (χ3v) is 7.92. The van der Waals surface area contributed by atoms with Gasteiger partial charge in [0.05, 0.1) is 6.04 Å². The van der Waals surface area contributed by atoms with E-state index in [9.17, 15) is 9.59 Å². The number of carbonyl (C=O) groups excluding carboxylic acids is 2. The summed E-state index contributed by atoms with van der Waals surface area (Å²) in [6.07, 6.45) is -0.598. The maximum absolute atomic E-state index is 13.2. The quantitative estimate of drug-likeness (QED) is 0.149. The zero-order valence-electron chi connectivity index (χ0n) is 26.6. The van der Waals surface area contributed by atoms with Crippen LogP contribution in [-0.2, 0) is 32.2 Å². The minimum Gasteiger partial charge on any atom is -0.490 e. The van der Waals surface area contributed by atoms with Crippen LogP contribution in [0.25, 0.3) is 0 Å². The minimum atomic E-state index is -1.14. The van der Waals surface area contributed by atoms with E-state index in [0.717, 1.165) is 35.1 Å². The predicted molar refractivity (Wildman–Crippen MR) is 174 cm³/mol. The molecule has 1 fully saturated rings. The summed E-state index contributed by atoms with van der Waals surface area (Å²) in [5, 5.41) is 0. The average Bonchev–Trinajstić information content (AvgIpc) is 3.48. The Morgan fingerprint density at radius 3 is 2.09 bits per heavy atom. The molecule has 0 aromatic heterocycles. The van der Waals surface area contributed by atoms with E-state index in [4.69, 9.17) is 35.7 Å². The largest absolute Gasteiger partial charge is 0.490 e. The molecule has 11 nitrogen and oxygen atoms in total. The zero-order chi connectivity index (χ0) is 32.7. The fraction of sp³-hybridized carbons (Fsp3) is 0.400. The van der Waals surface area contributed by atoms with Crippen molar-refractivity contribution in [3.63, 3.8) is 0 Å². The first kappa shape index (κ1) is 32.8. The van der Waals surface area contributed by atoms with Gasteiger partial charge in [0.1, 0.15) is 18.0 Å². The van der Waals surface area contributed by atoms with Gasteiger partial charge in [0, 0.05) is 26.2 Å². The lowest BCUT2D eigenvalue weighted by molar-refractivity contribution is -0.163. The Hall–Kier alpha value is -4.61. The first-order chi connectivity index (χ1) is 22.1. The van der Waals surface area contributed by atoms with Gasteiger partial charge in [0.25, 0.3) is 0 Å². The lowest BCUT2D eigenvalue weighted by atomic mass is 10.0. The highest BCUT2D eigenvalue weighted by Crippen LogP contribution is 2.29. The number of likely N-dealkylation sites (tertiary alicyclic amines) is 1. The molecular weight excluding hydrogens is 586 g/mol. The summed E-state index contributed by atoms with van der Waals surface area (Å²) in [7, 11) is 0. The molecule has 0 unspecified atom stereocenters. The average molecular weight is 630 g/mol. The molecule has 3 aromatic carbocycles. The van der Waals surface area contributed by atoms with Crippen LogP contribution in [0.5, 0.6) is 5.75 Å². The molecule has 4 N–H and O–H groups in total. The molecule has 0 spiro atoms. The predicted octanol–water partition coefficient (Wildman–Crippen LogP) is 4.69. The van der Waals surface area contributed by atoms with Crippen LogP contribution in [0.3, 0.4) is 0 Å². The number of piperidine rings is 1. The summed E-state index contributed by atoms with van der Waals surface area (Å²) in [5.74, 6) is 5.93. The van der Waals surface area contributed by atoms with E-state index in [0.29, 0.717) is 37.9 Å². The molecule has 1 amide bonds. The molecule has 1 saturated heterocycles. The Balaban J connectivity index is 1.14. The molecule has 244 valence electrons. The first-order valence-electron chi connectivity index (χ1n) is 15.6. The normalized spacial score (nSPS) is 16.2. The number of benzene rings is 3.